The Morgan fingerprint density at radius 1 is 1.04 bits per heavy atom. The molecule has 1 aromatic carbocycles. The normalized spacial score (nSPS) is 11.6. The fourth-order valence-electron chi connectivity index (χ4n) is 2.17. The molecule has 1 aromatic heterocycles. The predicted molar refractivity (Wildman–Crippen MR) is 110 cm³/mol. The average molecular weight is 472 g/mol. The Bertz CT molecular complexity index is 691. The molecule has 0 atom stereocenters. The number of hydrogen-bond acceptors (Lipinski definition) is 5. The van der Waals surface area contributed by atoms with Gasteiger partial charge in [-0.3, -0.25) is 0 Å². The van der Waals surface area contributed by atoms with E-state index in [1.165, 1.54) is 6.33 Å². The van der Waals surface area contributed by atoms with E-state index in [2.05, 4.69) is 72.1 Å². The van der Waals surface area contributed by atoms with Crippen LogP contribution < -0.4 is 9.47 Å². The molecule has 0 saturated heterocycles. The topological polar surface area (TPSA) is 53.5 Å². The molecule has 0 unspecified atom stereocenters. The van der Waals surface area contributed by atoms with Crippen LogP contribution in [-0.2, 0) is 4.43 Å². The van der Waals surface area contributed by atoms with Gasteiger partial charge in [-0.15, -0.1) is 0 Å². The number of benzene rings is 1. The molecule has 25 heavy (non-hydrogen) atoms. The molecule has 0 amide bonds. The molecule has 7 heteroatoms. The molecule has 0 aliphatic rings. The SMILES string of the molecule is CC(C)c1cc(OCCO[Si](C)(C)C)c(I)cc1Oc1cncnc1. The zero-order valence-electron chi connectivity index (χ0n) is 15.4. The number of ether oxygens (including phenoxy) is 2. The van der Waals surface area contributed by atoms with Crippen molar-refractivity contribution < 1.29 is 13.9 Å². The van der Waals surface area contributed by atoms with E-state index in [-0.39, 0.29) is 0 Å². The fraction of sp³-hybridized carbons (Fsp3) is 0.444. The lowest BCUT2D eigenvalue weighted by atomic mass is 10.0. The summed E-state index contributed by atoms with van der Waals surface area (Å²) < 4.78 is 18.8. The van der Waals surface area contributed by atoms with Gasteiger partial charge in [0.05, 0.1) is 22.6 Å². The Morgan fingerprint density at radius 2 is 1.72 bits per heavy atom. The van der Waals surface area contributed by atoms with Crippen LogP contribution in [0, 0.1) is 3.57 Å². The van der Waals surface area contributed by atoms with Gasteiger partial charge in [0.1, 0.15) is 24.4 Å². The number of halogens is 1. The van der Waals surface area contributed by atoms with Crippen LogP contribution in [0.15, 0.2) is 30.9 Å². The highest BCUT2D eigenvalue weighted by atomic mass is 127. The van der Waals surface area contributed by atoms with E-state index in [1.807, 2.05) is 6.07 Å². The van der Waals surface area contributed by atoms with Gasteiger partial charge in [0, 0.05) is 5.56 Å². The van der Waals surface area contributed by atoms with Crippen LogP contribution in [0.5, 0.6) is 17.2 Å². The molecule has 0 fully saturated rings. The summed E-state index contributed by atoms with van der Waals surface area (Å²) in [5, 5.41) is 0. The van der Waals surface area contributed by atoms with Crippen LogP contribution in [0.2, 0.25) is 19.6 Å². The molecule has 2 rings (SSSR count). The van der Waals surface area contributed by atoms with E-state index in [0.717, 1.165) is 20.6 Å². The summed E-state index contributed by atoms with van der Waals surface area (Å²) in [7, 11) is -1.50. The van der Waals surface area contributed by atoms with Crippen LogP contribution in [0.4, 0.5) is 0 Å². The fourth-order valence-corrected chi connectivity index (χ4v) is 3.46. The van der Waals surface area contributed by atoms with Gasteiger partial charge in [-0.1, -0.05) is 13.8 Å². The second-order valence-corrected chi connectivity index (χ2v) is 12.6. The maximum Gasteiger partial charge on any atom is 0.183 e. The molecule has 0 saturated carbocycles. The van der Waals surface area contributed by atoms with Crippen molar-refractivity contribution in [1.82, 2.24) is 9.97 Å². The number of aromatic nitrogens is 2. The quantitative estimate of drug-likeness (QED) is 0.299. The Morgan fingerprint density at radius 3 is 2.32 bits per heavy atom. The lowest BCUT2D eigenvalue weighted by Crippen LogP contribution is -2.27. The highest BCUT2D eigenvalue weighted by Crippen LogP contribution is 2.36. The third kappa shape index (κ3) is 6.56. The van der Waals surface area contributed by atoms with Gasteiger partial charge in [-0.05, 0) is 60.3 Å². The molecule has 136 valence electrons. The summed E-state index contributed by atoms with van der Waals surface area (Å²) in [6.07, 6.45) is 4.80. The minimum Gasteiger partial charge on any atom is -0.490 e. The molecule has 0 spiro atoms. The van der Waals surface area contributed by atoms with E-state index in [1.54, 1.807) is 12.4 Å². The summed E-state index contributed by atoms with van der Waals surface area (Å²) in [5.74, 6) is 2.59. The number of nitrogens with zero attached hydrogens (tertiary/aromatic N) is 2. The minimum absolute atomic E-state index is 0.303. The smallest absolute Gasteiger partial charge is 0.183 e. The maximum absolute atomic E-state index is 5.97. The van der Waals surface area contributed by atoms with Crippen LogP contribution >= 0.6 is 22.6 Å². The maximum atomic E-state index is 5.97. The van der Waals surface area contributed by atoms with Crippen molar-refractivity contribution in [1.29, 1.82) is 0 Å². The molecule has 2 aromatic rings. The molecular formula is C18H25IN2O3Si. The average Bonchev–Trinajstić information content (AvgIpc) is 2.53. The summed E-state index contributed by atoms with van der Waals surface area (Å²) in [4.78, 5) is 7.98. The van der Waals surface area contributed by atoms with Gasteiger partial charge in [-0.25, -0.2) is 9.97 Å². The first-order valence-corrected chi connectivity index (χ1v) is 12.8. The van der Waals surface area contributed by atoms with Crippen LogP contribution in [0.1, 0.15) is 25.3 Å². The second kappa shape index (κ2) is 8.95. The van der Waals surface area contributed by atoms with Gasteiger partial charge in [0.25, 0.3) is 0 Å². The second-order valence-electron chi connectivity index (χ2n) is 6.96. The van der Waals surface area contributed by atoms with E-state index < -0.39 is 8.32 Å². The predicted octanol–water partition coefficient (Wildman–Crippen LogP) is 5.23. The van der Waals surface area contributed by atoms with Crippen LogP contribution in [-0.4, -0.2) is 31.5 Å². The van der Waals surface area contributed by atoms with Crippen LogP contribution in [0.25, 0.3) is 0 Å². The van der Waals surface area contributed by atoms with Gasteiger partial charge in [0.15, 0.2) is 14.1 Å². The molecule has 0 aliphatic carbocycles. The van der Waals surface area contributed by atoms with Crippen molar-refractivity contribution in [2.45, 2.75) is 39.4 Å². The highest BCUT2D eigenvalue weighted by Gasteiger charge is 2.16. The molecule has 1 heterocycles. The summed E-state index contributed by atoms with van der Waals surface area (Å²) >= 11 is 2.27. The van der Waals surface area contributed by atoms with Crippen molar-refractivity contribution in [3.63, 3.8) is 0 Å². The standard InChI is InChI=1S/C18H25IN2O3Si/c1-13(2)15-8-18(22-6-7-23-25(3,4)5)16(19)9-17(15)24-14-10-20-12-21-11-14/h8-13H,6-7H2,1-5H3. The zero-order valence-corrected chi connectivity index (χ0v) is 18.5. The Hall–Kier alpha value is -1.19. The molecule has 0 N–H and O–H groups in total. The summed E-state index contributed by atoms with van der Waals surface area (Å²) in [6, 6.07) is 4.05. The first kappa shape index (κ1) is 20.1. The minimum atomic E-state index is -1.50. The summed E-state index contributed by atoms with van der Waals surface area (Å²) in [6.45, 7) is 11.9. The van der Waals surface area contributed by atoms with E-state index in [0.29, 0.717) is 24.9 Å². The largest absolute Gasteiger partial charge is 0.490 e. The zero-order chi connectivity index (χ0) is 18.4. The Balaban J connectivity index is 2.13. The third-order valence-electron chi connectivity index (χ3n) is 3.33. The monoisotopic (exact) mass is 472 g/mol. The Kier molecular flexibility index (Phi) is 7.21. The number of rotatable bonds is 8. The molecule has 0 aliphatic heterocycles. The molecular weight excluding hydrogens is 447 g/mol. The van der Waals surface area contributed by atoms with Gasteiger partial charge in [0.2, 0.25) is 0 Å². The van der Waals surface area contributed by atoms with Gasteiger partial charge < -0.3 is 13.9 Å². The summed E-state index contributed by atoms with van der Waals surface area (Å²) in [5.41, 5.74) is 1.09. The van der Waals surface area contributed by atoms with Crippen molar-refractivity contribution in [2.75, 3.05) is 13.2 Å². The highest BCUT2D eigenvalue weighted by molar-refractivity contribution is 14.1. The van der Waals surface area contributed by atoms with Gasteiger partial charge >= 0.3 is 0 Å². The first-order chi connectivity index (χ1) is 11.8. The molecule has 5 nitrogen and oxygen atoms in total. The lowest BCUT2D eigenvalue weighted by Gasteiger charge is -2.19. The van der Waals surface area contributed by atoms with Crippen LogP contribution in [0.3, 0.4) is 0 Å². The van der Waals surface area contributed by atoms with E-state index >= 15 is 0 Å². The van der Waals surface area contributed by atoms with E-state index in [9.17, 15) is 0 Å². The van der Waals surface area contributed by atoms with Crippen molar-refractivity contribution in [3.8, 4) is 17.2 Å². The Labute approximate surface area is 164 Å². The van der Waals surface area contributed by atoms with Crippen molar-refractivity contribution in [2.24, 2.45) is 0 Å². The van der Waals surface area contributed by atoms with Crippen molar-refractivity contribution in [3.05, 3.63) is 40.0 Å². The number of hydrogen-bond donors (Lipinski definition) is 0. The van der Waals surface area contributed by atoms with E-state index in [4.69, 9.17) is 13.9 Å². The van der Waals surface area contributed by atoms with Crippen molar-refractivity contribution >= 4 is 30.9 Å². The first-order valence-electron chi connectivity index (χ1n) is 8.29. The lowest BCUT2D eigenvalue weighted by molar-refractivity contribution is 0.211. The molecule has 0 radical (unpaired) electrons. The van der Waals surface area contributed by atoms with Gasteiger partial charge in [-0.2, -0.15) is 0 Å². The third-order valence-corrected chi connectivity index (χ3v) is 5.24. The molecule has 0 bridgehead atoms.